The van der Waals surface area contributed by atoms with Gasteiger partial charge in [-0.2, -0.15) is 0 Å². The van der Waals surface area contributed by atoms with E-state index in [1.165, 1.54) is 6.92 Å². The van der Waals surface area contributed by atoms with Crippen molar-refractivity contribution in [3.63, 3.8) is 0 Å². The Morgan fingerprint density at radius 1 is 1.33 bits per heavy atom. The van der Waals surface area contributed by atoms with Gasteiger partial charge in [-0.1, -0.05) is 0 Å². The van der Waals surface area contributed by atoms with E-state index in [0.717, 1.165) is 5.69 Å². The summed E-state index contributed by atoms with van der Waals surface area (Å²) in [4.78, 5) is 11.2. The summed E-state index contributed by atoms with van der Waals surface area (Å²) >= 11 is 0. The van der Waals surface area contributed by atoms with E-state index in [0.29, 0.717) is 11.3 Å². The Kier molecular flexibility index (Phi) is 3.03. The van der Waals surface area contributed by atoms with Gasteiger partial charge in [-0.25, -0.2) is 0 Å². The predicted octanol–water partition coefficient (Wildman–Crippen LogP) is 2.68. The van der Waals surface area contributed by atoms with Gasteiger partial charge in [0.25, 0.3) is 0 Å². The molecule has 3 nitrogen and oxygen atoms in total. The van der Waals surface area contributed by atoms with E-state index < -0.39 is 0 Å². The number of carbonyl (C=O) groups excluding carboxylic acids is 1. The maximum absolute atomic E-state index is 11.2. The van der Waals surface area contributed by atoms with Crippen LogP contribution >= 0.6 is 0 Å². The number of nitrogen functional groups attached to an aromatic ring is 1. The fourth-order valence-corrected chi connectivity index (χ4v) is 1.39. The van der Waals surface area contributed by atoms with E-state index in [9.17, 15) is 4.79 Å². The van der Waals surface area contributed by atoms with Crippen LogP contribution in [-0.2, 0) is 0 Å². The van der Waals surface area contributed by atoms with Crippen molar-refractivity contribution >= 4 is 17.2 Å². The van der Waals surface area contributed by atoms with Gasteiger partial charge < -0.3 is 11.1 Å². The van der Waals surface area contributed by atoms with Gasteiger partial charge in [0.15, 0.2) is 5.78 Å². The molecular formula is C12H18N2O. The van der Waals surface area contributed by atoms with Crippen LogP contribution < -0.4 is 11.1 Å². The number of nitrogens with one attached hydrogen (secondary N) is 1. The quantitative estimate of drug-likeness (QED) is 0.577. The van der Waals surface area contributed by atoms with E-state index in [2.05, 4.69) is 26.1 Å². The second kappa shape index (κ2) is 3.93. The van der Waals surface area contributed by atoms with Crippen LogP contribution in [0.3, 0.4) is 0 Å². The van der Waals surface area contributed by atoms with Gasteiger partial charge in [0.1, 0.15) is 0 Å². The zero-order valence-electron chi connectivity index (χ0n) is 9.72. The molecule has 0 aliphatic heterocycles. The van der Waals surface area contributed by atoms with Crippen LogP contribution in [0.1, 0.15) is 38.1 Å². The Hall–Kier alpha value is -1.51. The van der Waals surface area contributed by atoms with Gasteiger partial charge in [0.05, 0.1) is 0 Å². The summed E-state index contributed by atoms with van der Waals surface area (Å²) in [6, 6.07) is 5.42. The van der Waals surface area contributed by atoms with Crippen LogP contribution in [0.2, 0.25) is 0 Å². The SMILES string of the molecule is CC(=O)c1ccc(NC(C)(C)C)cc1N. The number of Topliss-reactive ketones (excluding diaryl/α,β-unsaturated/α-hetero) is 1. The third kappa shape index (κ3) is 3.27. The zero-order chi connectivity index (χ0) is 11.6. The van der Waals surface area contributed by atoms with Gasteiger partial charge in [-0.3, -0.25) is 4.79 Å². The lowest BCUT2D eigenvalue weighted by molar-refractivity contribution is 0.101. The molecular weight excluding hydrogens is 188 g/mol. The van der Waals surface area contributed by atoms with Crippen molar-refractivity contribution in [2.24, 2.45) is 0 Å². The number of ketones is 1. The molecule has 82 valence electrons. The normalized spacial score (nSPS) is 11.2. The minimum Gasteiger partial charge on any atom is -0.398 e. The van der Waals surface area contributed by atoms with E-state index in [4.69, 9.17) is 5.73 Å². The van der Waals surface area contributed by atoms with Crippen molar-refractivity contribution < 1.29 is 4.79 Å². The lowest BCUT2D eigenvalue weighted by Gasteiger charge is -2.22. The number of carbonyl (C=O) groups is 1. The van der Waals surface area contributed by atoms with E-state index >= 15 is 0 Å². The molecule has 0 saturated carbocycles. The van der Waals surface area contributed by atoms with Gasteiger partial charge >= 0.3 is 0 Å². The molecule has 0 unspecified atom stereocenters. The van der Waals surface area contributed by atoms with Crippen LogP contribution in [0.25, 0.3) is 0 Å². The molecule has 0 fully saturated rings. The first kappa shape index (κ1) is 11.6. The molecule has 0 amide bonds. The molecule has 3 N–H and O–H groups in total. The first-order valence-electron chi connectivity index (χ1n) is 4.98. The minimum atomic E-state index is -0.00974. The minimum absolute atomic E-state index is 0.00481. The summed E-state index contributed by atoms with van der Waals surface area (Å²) < 4.78 is 0. The Bertz CT molecular complexity index is 378. The third-order valence-electron chi connectivity index (χ3n) is 1.95. The number of anilines is 2. The molecule has 0 aliphatic carbocycles. The fourth-order valence-electron chi connectivity index (χ4n) is 1.39. The van der Waals surface area contributed by atoms with Crippen LogP contribution in [0, 0.1) is 0 Å². The van der Waals surface area contributed by atoms with Crippen LogP contribution in [0.4, 0.5) is 11.4 Å². The molecule has 3 heteroatoms. The second-order valence-corrected chi connectivity index (χ2v) is 4.73. The molecule has 1 aromatic rings. The Labute approximate surface area is 90.7 Å². The first-order chi connectivity index (χ1) is 6.79. The van der Waals surface area contributed by atoms with Crippen molar-refractivity contribution in [1.29, 1.82) is 0 Å². The molecule has 1 rings (SSSR count). The average Bonchev–Trinajstić information content (AvgIpc) is 1.99. The summed E-state index contributed by atoms with van der Waals surface area (Å²) in [7, 11) is 0. The highest BCUT2D eigenvalue weighted by Crippen LogP contribution is 2.21. The molecule has 0 saturated heterocycles. The van der Waals surface area contributed by atoms with Crippen molar-refractivity contribution in [3.8, 4) is 0 Å². The Morgan fingerprint density at radius 3 is 2.33 bits per heavy atom. The lowest BCUT2D eigenvalue weighted by Crippen LogP contribution is -2.26. The largest absolute Gasteiger partial charge is 0.398 e. The number of hydrogen-bond acceptors (Lipinski definition) is 3. The maximum atomic E-state index is 11.2. The van der Waals surface area contributed by atoms with Crippen molar-refractivity contribution in [2.75, 3.05) is 11.1 Å². The number of benzene rings is 1. The smallest absolute Gasteiger partial charge is 0.161 e. The Balaban J connectivity index is 2.97. The van der Waals surface area contributed by atoms with Gasteiger partial charge in [0.2, 0.25) is 0 Å². The molecule has 15 heavy (non-hydrogen) atoms. The summed E-state index contributed by atoms with van der Waals surface area (Å²) in [5.41, 5.74) is 7.81. The number of rotatable bonds is 2. The van der Waals surface area contributed by atoms with Crippen molar-refractivity contribution in [3.05, 3.63) is 23.8 Å². The van der Waals surface area contributed by atoms with Gasteiger partial charge in [-0.05, 0) is 45.9 Å². The molecule has 0 heterocycles. The van der Waals surface area contributed by atoms with Crippen LogP contribution in [0.15, 0.2) is 18.2 Å². The number of nitrogens with two attached hydrogens (primary N) is 1. The highest BCUT2D eigenvalue weighted by molar-refractivity contribution is 5.99. The molecule has 0 bridgehead atoms. The second-order valence-electron chi connectivity index (χ2n) is 4.73. The standard InChI is InChI=1S/C12H18N2O/c1-8(15)10-6-5-9(7-11(10)13)14-12(2,3)4/h5-7,14H,13H2,1-4H3. The summed E-state index contributed by atoms with van der Waals surface area (Å²) in [6.07, 6.45) is 0. The summed E-state index contributed by atoms with van der Waals surface area (Å²) in [5, 5.41) is 3.30. The number of hydrogen-bond donors (Lipinski definition) is 2. The van der Waals surface area contributed by atoms with E-state index in [1.807, 2.05) is 6.07 Å². The lowest BCUT2D eigenvalue weighted by atomic mass is 10.1. The average molecular weight is 206 g/mol. The third-order valence-corrected chi connectivity index (χ3v) is 1.95. The van der Waals surface area contributed by atoms with Gasteiger partial charge in [0, 0.05) is 22.5 Å². The highest BCUT2D eigenvalue weighted by Gasteiger charge is 2.11. The molecule has 0 atom stereocenters. The fraction of sp³-hybridized carbons (Fsp3) is 0.417. The predicted molar refractivity (Wildman–Crippen MR) is 64.2 cm³/mol. The summed E-state index contributed by atoms with van der Waals surface area (Å²) in [6.45, 7) is 7.73. The van der Waals surface area contributed by atoms with Crippen LogP contribution in [-0.4, -0.2) is 11.3 Å². The summed E-state index contributed by atoms with van der Waals surface area (Å²) in [5.74, 6) is -0.00481. The van der Waals surface area contributed by atoms with E-state index in [1.54, 1.807) is 12.1 Å². The monoisotopic (exact) mass is 206 g/mol. The Morgan fingerprint density at radius 2 is 1.93 bits per heavy atom. The van der Waals surface area contributed by atoms with Gasteiger partial charge in [-0.15, -0.1) is 0 Å². The zero-order valence-corrected chi connectivity index (χ0v) is 9.72. The first-order valence-corrected chi connectivity index (χ1v) is 4.98. The molecule has 1 aromatic carbocycles. The molecule has 0 aliphatic rings. The van der Waals surface area contributed by atoms with Crippen molar-refractivity contribution in [1.82, 2.24) is 0 Å². The highest BCUT2D eigenvalue weighted by atomic mass is 16.1. The molecule has 0 spiro atoms. The van der Waals surface area contributed by atoms with E-state index in [-0.39, 0.29) is 11.3 Å². The topological polar surface area (TPSA) is 55.1 Å². The van der Waals surface area contributed by atoms with Crippen molar-refractivity contribution in [2.45, 2.75) is 33.2 Å². The maximum Gasteiger partial charge on any atom is 0.161 e. The molecule has 0 aromatic heterocycles. The van der Waals surface area contributed by atoms with Crippen LogP contribution in [0.5, 0.6) is 0 Å². The molecule has 0 radical (unpaired) electrons.